The number of thiazole rings is 1. The van der Waals surface area contributed by atoms with Crippen LogP contribution in [-0.2, 0) is 4.74 Å². The first kappa shape index (κ1) is 16.3. The minimum absolute atomic E-state index is 0.179. The molecule has 124 valence electrons. The van der Waals surface area contributed by atoms with E-state index in [0.717, 1.165) is 5.69 Å². The Morgan fingerprint density at radius 1 is 1.29 bits per heavy atom. The standard InChI is InChI=1S/C17H15FN2O3S/c1-8(2)14-7-24-16(20-14)15(21)11-6-19-13-5-10(17(22)23-3)12(18)4-9(11)13/h4-8,19H,1-3H3. The number of hydrogen-bond donors (Lipinski definition) is 1. The lowest BCUT2D eigenvalue weighted by Gasteiger charge is -2.02. The molecule has 2 aromatic heterocycles. The lowest BCUT2D eigenvalue weighted by Crippen LogP contribution is -2.05. The molecule has 0 saturated carbocycles. The molecule has 0 atom stereocenters. The van der Waals surface area contributed by atoms with Crippen LogP contribution in [0.2, 0.25) is 0 Å². The Balaban J connectivity index is 2.05. The van der Waals surface area contributed by atoms with Crippen molar-refractivity contribution in [1.82, 2.24) is 9.97 Å². The van der Waals surface area contributed by atoms with Crippen LogP contribution < -0.4 is 0 Å². The summed E-state index contributed by atoms with van der Waals surface area (Å²) < 4.78 is 18.7. The van der Waals surface area contributed by atoms with Crippen molar-refractivity contribution in [1.29, 1.82) is 0 Å². The summed E-state index contributed by atoms with van der Waals surface area (Å²) in [5.41, 5.74) is 1.48. The smallest absolute Gasteiger partial charge is 0.340 e. The first-order valence-electron chi connectivity index (χ1n) is 7.31. The molecular formula is C17H15FN2O3S. The van der Waals surface area contributed by atoms with Crippen molar-refractivity contribution in [3.8, 4) is 0 Å². The molecule has 0 aliphatic rings. The summed E-state index contributed by atoms with van der Waals surface area (Å²) in [5, 5.41) is 2.62. The van der Waals surface area contributed by atoms with Gasteiger partial charge in [-0.25, -0.2) is 14.2 Å². The molecule has 5 nitrogen and oxygen atoms in total. The van der Waals surface area contributed by atoms with Gasteiger partial charge in [-0.15, -0.1) is 11.3 Å². The Hall–Kier alpha value is -2.54. The molecule has 7 heteroatoms. The number of methoxy groups -OCH3 is 1. The lowest BCUT2D eigenvalue weighted by atomic mass is 10.1. The summed E-state index contributed by atoms with van der Waals surface area (Å²) in [6, 6.07) is 2.51. The summed E-state index contributed by atoms with van der Waals surface area (Å²) in [4.78, 5) is 31.5. The highest BCUT2D eigenvalue weighted by atomic mass is 32.1. The van der Waals surface area contributed by atoms with Crippen molar-refractivity contribution in [2.24, 2.45) is 0 Å². The predicted molar refractivity (Wildman–Crippen MR) is 89.2 cm³/mol. The maximum atomic E-state index is 14.2. The van der Waals surface area contributed by atoms with E-state index in [4.69, 9.17) is 0 Å². The van der Waals surface area contributed by atoms with Gasteiger partial charge in [0.15, 0.2) is 5.01 Å². The van der Waals surface area contributed by atoms with E-state index < -0.39 is 11.8 Å². The van der Waals surface area contributed by atoms with Gasteiger partial charge in [0.25, 0.3) is 0 Å². The zero-order valence-corrected chi connectivity index (χ0v) is 14.2. The monoisotopic (exact) mass is 346 g/mol. The minimum atomic E-state index is -0.765. The molecule has 3 aromatic rings. The summed E-state index contributed by atoms with van der Waals surface area (Å²) in [7, 11) is 1.18. The van der Waals surface area contributed by atoms with Crippen molar-refractivity contribution in [2.45, 2.75) is 19.8 Å². The van der Waals surface area contributed by atoms with Gasteiger partial charge >= 0.3 is 5.97 Å². The molecule has 3 rings (SSSR count). The number of halogens is 1. The SMILES string of the molecule is COC(=O)c1cc2[nH]cc(C(=O)c3nc(C(C)C)cs3)c2cc1F. The van der Waals surface area contributed by atoms with Gasteiger partial charge < -0.3 is 9.72 Å². The predicted octanol–water partition coefficient (Wildman–Crippen LogP) is 3.90. The molecule has 0 saturated heterocycles. The molecule has 1 N–H and O–H groups in total. The van der Waals surface area contributed by atoms with Gasteiger partial charge in [0.05, 0.1) is 23.9 Å². The summed E-state index contributed by atoms with van der Waals surface area (Å²) in [6.45, 7) is 4.00. The van der Waals surface area contributed by atoms with E-state index in [1.807, 2.05) is 19.2 Å². The number of nitrogens with zero attached hydrogens (tertiary/aromatic N) is 1. The fraction of sp³-hybridized carbons (Fsp3) is 0.235. The second-order valence-electron chi connectivity index (χ2n) is 5.63. The first-order chi connectivity index (χ1) is 11.4. The van der Waals surface area contributed by atoms with Crippen LogP contribution in [0, 0.1) is 5.82 Å². The zero-order chi connectivity index (χ0) is 17.4. The fourth-order valence-electron chi connectivity index (χ4n) is 2.37. The van der Waals surface area contributed by atoms with Crippen LogP contribution in [0.5, 0.6) is 0 Å². The maximum Gasteiger partial charge on any atom is 0.340 e. The van der Waals surface area contributed by atoms with Gasteiger partial charge in [-0.3, -0.25) is 4.79 Å². The van der Waals surface area contributed by atoms with Crippen LogP contribution in [0.25, 0.3) is 10.9 Å². The van der Waals surface area contributed by atoms with Crippen molar-refractivity contribution >= 4 is 34.0 Å². The average molecular weight is 346 g/mol. The van der Waals surface area contributed by atoms with Crippen molar-refractivity contribution in [2.75, 3.05) is 7.11 Å². The molecule has 0 aliphatic carbocycles. The highest BCUT2D eigenvalue weighted by Crippen LogP contribution is 2.26. The minimum Gasteiger partial charge on any atom is -0.465 e. The molecule has 0 bridgehead atoms. The number of benzene rings is 1. The largest absolute Gasteiger partial charge is 0.465 e. The molecular weight excluding hydrogens is 331 g/mol. The molecule has 0 amide bonds. The highest BCUT2D eigenvalue weighted by Gasteiger charge is 2.21. The third-order valence-corrected chi connectivity index (χ3v) is 4.59. The molecule has 24 heavy (non-hydrogen) atoms. The van der Waals surface area contributed by atoms with Crippen LogP contribution in [0.15, 0.2) is 23.7 Å². The third kappa shape index (κ3) is 2.71. The highest BCUT2D eigenvalue weighted by molar-refractivity contribution is 7.12. The number of carbonyl (C=O) groups excluding carboxylic acids is 2. The van der Waals surface area contributed by atoms with Gasteiger partial charge in [-0.2, -0.15) is 0 Å². The average Bonchev–Trinajstić information content (AvgIpc) is 3.19. The second kappa shape index (κ2) is 6.16. The number of H-pyrrole nitrogens is 1. The Morgan fingerprint density at radius 3 is 2.67 bits per heavy atom. The van der Waals surface area contributed by atoms with Gasteiger partial charge in [0.2, 0.25) is 5.78 Å². The summed E-state index contributed by atoms with van der Waals surface area (Å²) in [6.07, 6.45) is 1.50. The topological polar surface area (TPSA) is 72.1 Å². The Labute approximate surface area is 141 Å². The van der Waals surface area contributed by atoms with Gasteiger partial charge in [0, 0.05) is 22.5 Å². The summed E-state index contributed by atoms with van der Waals surface area (Å²) >= 11 is 1.27. The van der Waals surface area contributed by atoms with Gasteiger partial charge in [0.1, 0.15) is 5.82 Å². The first-order valence-corrected chi connectivity index (χ1v) is 8.19. The number of aromatic amines is 1. The third-order valence-electron chi connectivity index (χ3n) is 3.73. The van der Waals surface area contributed by atoms with Crippen LogP contribution in [0.1, 0.15) is 51.2 Å². The van der Waals surface area contributed by atoms with E-state index >= 15 is 0 Å². The van der Waals surface area contributed by atoms with Crippen molar-refractivity contribution < 1.29 is 18.7 Å². The Kier molecular flexibility index (Phi) is 4.19. The van der Waals surface area contributed by atoms with Crippen LogP contribution >= 0.6 is 11.3 Å². The van der Waals surface area contributed by atoms with Gasteiger partial charge in [-0.05, 0) is 18.1 Å². The Morgan fingerprint density at radius 2 is 2.04 bits per heavy atom. The number of aromatic nitrogens is 2. The summed E-state index contributed by atoms with van der Waals surface area (Å²) in [5.74, 6) is -1.54. The van der Waals surface area contributed by atoms with E-state index in [1.54, 1.807) is 0 Å². The van der Waals surface area contributed by atoms with E-state index in [-0.39, 0.29) is 17.3 Å². The number of ketones is 1. The number of fused-ring (bicyclic) bond motifs is 1. The number of carbonyl (C=O) groups is 2. The molecule has 1 aromatic carbocycles. The van der Waals surface area contributed by atoms with Crippen molar-refractivity contribution in [3.05, 3.63) is 51.4 Å². The second-order valence-corrected chi connectivity index (χ2v) is 6.49. The number of rotatable bonds is 4. The molecule has 0 fully saturated rings. The zero-order valence-electron chi connectivity index (χ0n) is 13.3. The van der Waals surface area contributed by atoms with Crippen LogP contribution in [0.3, 0.4) is 0 Å². The number of hydrogen-bond acceptors (Lipinski definition) is 5. The van der Waals surface area contributed by atoms with E-state index in [9.17, 15) is 14.0 Å². The quantitative estimate of drug-likeness (QED) is 0.574. The lowest BCUT2D eigenvalue weighted by molar-refractivity contribution is 0.0595. The molecule has 2 heterocycles. The molecule has 0 radical (unpaired) electrons. The number of esters is 1. The fourth-order valence-corrected chi connectivity index (χ4v) is 3.30. The van der Waals surface area contributed by atoms with Crippen LogP contribution in [-0.4, -0.2) is 28.8 Å². The van der Waals surface area contributed by atoms with Crippen molar-refractivity contribution in [3.63, 3.8) is 0 Å². The Bertz CT molecular complexity index is 943. The number of nitrogens with one attached hydrogen (secondary N) is 1. The van der Waals surface area contributed by atoms with E-state index in [2.05, 4.69) is 14.7 Å². The van der Waals surface area contributed by atoms with E-state index in [0.29, 0.717) is 21.5 Å². The number of ether oxygens (including phenoxy) is 1. The normalized spacial score (nSPS) is 11.2. The van der Waals surface area contributed by atoms with Crippen LogP contribution in [0.4, 0.5) is 4.39 Å². The molecule has 0 spiro atoms. The van der Waals surface area contributed by atoms with E-state index in [1.165, 1.54) is 36.8 Å². The van der Waals surface area contributed by atoms with Gasteiger partial charge in [-0.1, -0.05) is 13.8 Å². The molecule has 0 unspecified atom stereocenters. The maximum absolute atomic E-state index is 14.2. The molecule has 0 aliphatic heterocycles.